The summed E-state index contributed by atoms with van der Waals surface area (Å²) in [7, 11) is 3.77. The highest BCUT2D eigenvalue weighted by Gasteiger charge is 2.13. The highest BCUT2D eigenvalue weighted by atomic mass is 16.2. The van der Waals surface area contributed by atoms with Crippen LogP contribution in [0, 0.1) is 0 Å². The molecule has 0 saturated heterocycles. The van der Waals surface area contributed by atoms with Crippen LogP contribution in [-0.2, 0) is 18.4 Å². The molecule has 0 saturated carbocycles. The zero-order chi connectivity index (χ0) is 17.0. The zero-order valence-corrected chi connectivity index (χ0v) is 14.4. The van der Waals surface area contributed by atoms with Crippen LogP contribution >= 0.6 is 0 Å². The summed E-state index contributed by atoms with van der Waals surface area (Å²) >= 11 is 0. The van der Waals surface area contributed by atoms with Gasteiger partial charge in [-0.1, -0.05) is 19.1 Å². The van der Waals surface area contributed by atoms with Gasteiger partial charge in [0.25, 0.3) is 0 Å². The molecular weight excluding hydrogens is 292 g/mol. The van der Waals surface area contributed by atoms with E-state index in [2.05, 4.69) is 31.1 Å². The summed E-state index contributed by atoms with van der Waals surface area (Å²) < 4.78 is 3.09. The minimum absolute atomic E-state index is 0.0488. The van der Waals surface area contributed by atoms with E-state index >= 15 is 0 Å². The van der Waals surface area contributed by atoms with Crippen molar-refractivity contribution in [1.29, 1.82) is 0 Å². The van der Waals surface area contributed by atoms with Crippen molar-refractivity contribution in [1.82, 2.24) is 19.4 Å². The molecule has 23 heavy (non-hydrogen) atoms. The lowest BCUT2D eigenvalue weighted by atomic mass is 10.2. The molecule has 1 atom stereocenters. The number of fused-ring (bicyclic) bond motifs is 1. The van der Waals surface area contributed by atoms with Crippen molar-refractivity contribution in [2.24, 2.45) is 7.05 Å². The van der Waals surface area contributed by atoms with Gasteiger partial charge in [-0.3, -0.25) is 13.9 Å². The molecule has 0 aliphatic carbocycles. The molecule has 0 spiro atoms. The number of hydrogen-bond donors (Lipinski definition) is 1. The maximum absolute atomic E-state index is 12.3. The fourth-order valence-corrected chi connectivity index (χ4v) is 2.62. The van der Waals surface area contributed by atoms with Gasteiger partial charge in [0.15, 0.2) is 0 Å². The molecule has 1 aromatic carbocycles. The van der Waals surface area contributed by atoms with E-state index < -0.39 is 0 Å². The van der Waals surface area contributed by atoms with Gasteiger partial charge in [0.1, 0.15) is 6.54 Å². The number of para-hydroxylation sites is 2. The normalized spacial score (nSPS) is 12.7. The molecule has 1 heterocycles. The van der Waals surface area contributed by atoms with Crippen molar-refractivity contribution in [3.63, 3.8) is 0 Å². The Morgan fingerprint density at radius 1 is 1.30 bits per heavy atom. The van der Waals surface area contributed by atoms with Gasteiger partial charge in [-0.05, 0) is 32.5 Å². The molecule has 2 aromatic rings. The molecule has 0 unspecified atom stereocenters. The third-order valence-corrected chi connectivity index (χ3v) is 4.48. The summed E-state index contributed by atoms with van der Waals surface area (Å²) in [6.07, 6.45) is 1.08. The number of hydrogen-bond acceptors (Lipinski definition) is 3. The molecule has 1 aromatic heterocycles. The molecule has 126 valence electrons. The standard InChI is InChI=1S/C17H26N4O2/c1-5-13(2)19(3)11-10-18-16(22)12-21-15-9-7-6-8-14(15)20(4)17(21)23/h6-9,13H,5,10-12H2,1-4H3,(H,18,22)/t13-/m1/s1. The number of nitrogens with zero attached hydrogens (tertiary/aromatic N) is 3. The molecule has 0 fully saturated rings. The minimum Gasteiger partial charge on any atom is -0.353 e. The molecule has 1 amide bonds. The zero-order valence-electron chi connectivity index (χ0n) is 14.4. The van der Waals surface area contributed by atoms with Gasteiger partial charge >= 0.3 is 5.69 Å². The summed E-state index contributed by atoms with van der Waals surface area (Å²) in [5, 5.41) is 2.89. The van der Waals surface area contributed by atoms with E-state index in [0.717, 1.165) is 24.0 Å². The number of benzene rings is 1. The summed E-state index contributed by atoms with van der Waals surface area (Å²) in [5.41, 5.74) is 1.45. The van der Waals surface area contributed by atoms with Crippen LogP contribution in [0.2, 0.25) is 0 Å². The Kier molecular flexibility index (Phi) is 5.60. The molecular formula is C17H26N4O2. The number of imidazole rings is 1. The summed E-state index contributed by atoms with van der Waals surface area (Å²) in [6.45, 7) is 5.74. The molecule has 1 N–H and O–H groups in total. The van der Waals surface area contributed by atoms with E-state index in [1.807, 2.05) is 24.3 Å². The van der Waals surface area contributed by atoms with E-state index in [0.29, 0.717) is 12.6 Å². The fourth-order valence-electron chi connectivity index (χ4n) is 2.62. The first-order valence-electron chi connectivity index (χ1n) is 8.06. The first-order chi connectivity index (χ1) is 11.0. The van der Waals surface area contributed by atoms with Gasteiger partial charge in [0.05, 0.1) is 11.0 Å². The SMILES string of the molecule is CC[C@@H](C)N(C)CCNC(=O)Cn1c(=O)n(C)c2ccccc21. The minimum atomic E-state index is -0.168. The Hall–Kier alpha value is -2.08. The first-order valence-corrected chi connectivity index (χ1v) is 8.06. The van der Waals surface area contributed by atoms with Crippen LogP contribution in [0.25, 0.3) is 11.0 Å². The third kappa shape index (κ3) is 3.82. The van der Waals surface area contributed by atoms with Crippen molar-refractivity contribution in [3.05, 3.63) is 34.7 Å². The van der Waals surface area contributed by atoms with E-state index in [4.69, 9.17) is 0 Å². The average molecular weight is 318 g/mol. The van der Waals surface area contributed by atoms with Crippen LogP contribution in [0.1, 0.15) is 20.3 Å². The monoisotopic (exact) mass is 318 g/mol. The van der Waals surface area contributed by atoms with Crippen molar-refractivity contribution < 1.29 is 4.79 Å². The topological polar surface area (TPSA) is 59.3 Å². The Labute approximate surface area is 136 Å². The lowest BCUT2D eigenvalue weighted by Crippen LogP contribution is -2.39. The maximum atomic E-state index is 12.3. The quantitative estimate of drug-likeness (QED) is 0.834. The molecule has 0 bridgehead atoms. The Balaban J connectivity index is 1.99. The van der Waals surface area contributed by atoms with Crippen LogP contribution in [0.4, 0.5) is 0 Å². The number of likely N-dealkylation sites (N-methyl/N-ethyl adjacent to an activating group) is 1. The largest absolute Gasteiger partial charge is 0.353 e. The van der Waals surface area contributed by atoms with E-state index in [1.54, 1.807) is 11.6 Å². The summed E-state index contributed by atoms with van der Waals surface area (Å²) in [4.78, 5) is 26.6. The van der Waals surface area contributed by atoms with E-state index in [1.165, 1.54) is 4.57 Å². The van der Waals surface area contributed by atoms with Crippen molar-refractivity contribution >= 4 is 16.9 Å². The van der Waals surface area contributed by atoms with Gasteiger partial charge in [0, 0.05) is 26.2 Å². The number of carbonyl (C=O) groups excluding carboxylic acids is 1. The molecule has 6 nitrogen and oxygen atoms in total. The van der Waals surface area contributed by atoms with E-state index in [9.17, 15) is 9.59 Å². The molecule has 6 heteroatoms. The van der Waals surface area contributed by atoms with Crippen molar-refractivity contribution in [2.75, 3.05) is 20.1 Å². The van der Waals surface area contributed by atoms with Crippen LogP contribution in [0.3, 0.4) is 0 Å². The molecule has 0 aliphatic rings. The van der Waals surface area contributed by atoms with Crippen LogP contribution < -0.4 is 11.0 Å². The second-order valence-electron chi connectivity index (χ2n) is 6.00. The van der Waals surface area contributed by atoms with E-state index in [-0.39, 0.29) is 18.1 Å². The smallest absolute Gasteiger partial charge is 0.329 e. The van der Waals surface area contributed by atoms with Gasteiger partial charge in [0.2, 0.25) is 5.91 Å². The summed E-state index contributed by atoms with van der Waals surface area (Å²) in [5.74, 6) is -0.138. The number of aryl methyl sites for hydroxylation is 1. The van der Waals surface area contributed by atoms with Gasteiger partial charge in [-0.2, -0.15) is 0 Å². The van der Waals surface area contributed by atoms with Crippen LogP contribution in [0.5, 0.6) is 0 Å². The van der Waals surface area contributed by atoms with Crippen molar-refractivity contribution in [3.8, 4) is 0 Å². The lowest BCUT2D eigenvalue weighted by molar-refractivity contribution is -0.121. The lowest BCUT2D eigenvalue weighted by Gasteiger charge is -2.23. The molecule has 0 aliphatic heterocycles. The molecule has 0 radical (unpaired) electrons. The highest BCUT2D eigenvalue weighted by Crippen LogP contribution is 2.11. The Bertz CT molecular complexity index is 732. The predicted octanol–water partition coefficient (Wildman–Crippen LogP) is 1.19. The Morgan fingerprint density at radius 3 is 2.61 bits per heavy atom. The second-order valence-corrected chi connectivity index (χ2v) is 6.00. The number of nitrogens with one attached hydrogen (secondary N) is 1. The first kappa shape index (κ1) is 17.3. The third-order valence-electron chi connectivity index (χ3n) is 4.48. The number of rotatable bonds is 7. The maximum Gasteiger partial charge on any atom is 0.329 e. The van der Waals surface area contributed by atoms with Crippen LogP contribution in [-0.4, -0.2) is 46.1 Å². The summed E-state index contributed by atoms with van der Waals surface area (Å²) in [6, 6.07) is 7.99. The average Bonchev–Trinajstić information content (AvgIpc) is 2.79. The fraction of sp³-hybridized carbons (Fsp3) is 0.529. The van der Waals surface area contributed by atoms with Gasteiger partial charge in [-0.25, -0.2) is 4.79 Å². The highest BCUT2D eigenvalue weighted by molar-refractivity contribution is 5.80. The van der Waals surface area contributed by atoms with Crippen molar-refractivity contribution in [2.45, 2.75) is 32.9 Å². The van der Waals surface area contributed by atoms with Crippen LogP contribution in [0.15, 0.2) is 29.1 Å². The number of carbonyl (C=O) groups is 1. The number of aromatic nitrogens is 2. The molecule has 2 rings (SSSR count). The number of amides is 1. The second kappa shape index (κ2) is 7.46. The predicted molar refractivity (Wildman–Crippen MR) is 92.6 cm³/mol. The Morgan fingerprint density at radius 2 is 1.96 bits per heavy atom. The van der Waals surface area contributed by atoms with Gasteiger partial charge < -0.3 is 10.2 Å². The van der Waals surface area contributed by atoms with Gasteiger partial charge in [-0.15, -0.1) is 0 Å².